The zero-order valence-electron chi connectivity index (χ0n) is 14.1. The topological polar surface area (TPSA) is 43.9 Å². The van der Waals surface area contributed by atoms with Crippen molar-refractivity contribution in [1.82, 2.24) is 14.7 Å². The molecule has 0 aromatic heterocycles. The number of carbonyl (C=O) groups is 2. The molecule has 2 aliphatic heterocycles. The lowest BCUT2D eigenvalue weighted by Crippen LogP contribution is -2.52. The highest BCUT2D eigenvalue weighted by Gasteiger charge is 2.32. The summed E-state index contributed by atoms with van der Waals surface area (Å²) in [6.45, 7) is 4.44. The van der Waals surface area contributed by atoms with Gasteiger partial charge in [0.25, 0.3) is 5.91 Å². The molecule has 0 bridgehead atoms. The molecule has 1 unspecified atom stereocenters. The molecule has 130 valence electrons. The summed E-state index contributed by atoms with van der Waals surface area (Å²) in [6, 6.07) is 5.60. The standard InChI is InChI=1S/C18H24FN3O2/c1-20-9-11-21(12-10-20)18(24)15-3-2-8-22(13-15)17(23)14-4-6-16(19)7-5-14/h4-7,15H,2-3,8-13H2,1H3. The summed E-state index contributed by atoms with van der Waals surface area (Å²) in [4.78, 5) is 31.2. The molecule has 3 rings (SSSR count). The van der Waals surface area contributed by atoms with E-state index < -0.39 is 0 Å². The largest absolute Gasteiger partial charge is 0.340 e. The summed E-state index contributed by atoms with van der Waals surface area (Å²) >= 11 is 0. The van der Waals surface area contributed by atoms with Gasteiger partial charge < -0.3 is 14.7 Å². The number of piperazine rings is 1. The molecule has 2 heterocycles. The molecule has 0 spiro atoms. The quantitative estimate of drug-likeness (QED) is 0.823. The SMILES string of the molecule is CN1CCN(C(=O)C2CCCN(C(=O)c3ccc(F)cc3)C2)CC1. The second kappa shape index (κ2) is 7.30. The molecule has 1 aromatic carbocycles. The molecule has 1 atom stereocenters. The smallest absolute Gasteiger partial charge is 0.253 e. The number of hydrogen-bond donors (Lipinski definition) is 0. The van der Waals surface area contributed by atoms with Crippen LogP contribution in [0.5, 0.6) is 0 Å². The van der Waals surface area contributed by atoms with Crippen LogP contribution in [0.3, 0.4) is 0 Å². The first-order valence-electron chi connectivity index (χ1n) is 8.57. The predicted octanol–water partition coefficient (Wildman–Crippen LogP) is 1.45. The lowest BCUT2D eigenvalue weighted by atomic mass is 9.95. The summed E-state index contributed by atoms with van der Waals surface area (Å²) in [6.07, 6.45) is 1.66. The van der Waals surface area contributed by atoms with Gasteiger partial charge in [-0.2, -0.15) is 0 Å². The van der Waals surface area contributed by atoms with Gasteiger partial charge in [-0.1, -0.05) is 0 Å². The third kappa shape index (κ3) is 3.75. The van der Waals surface area contributed by atoms with Crippen molar-refractivity contribution in [3.63, 3.8) is 0 Å². The summed E-state index contributed by atoms with van der Waals surface area (Å²) in [5.74, 6) is -0.426. The van der Waals surface area contributed by atoms with Crippen LogP contribution in [0.15, 0.2) is 24.3 Å². The molecular weight excluding hydrogens is 309 g/mol. The first kappa shape index (κ1) is 16.9. The van der Waals surface area contributed by atoms with Crippen LogP contribution in [0.2, 0.25) is 0 Å². The van der Waals surface area contributed by atoms with Gasteiger partial charge in [0.2, 0.25) is 5.91 Å². The highest BCUT2D eigenvalue weighted by molar-refractivity contribution is 5.94. The maximum Gasteiger partial charge on any atom is 0.253 e. The maximum absolute atomic E-state index is 13.0. The zero-order chi connectivity index (χ0) is 17.1. The molecule has 1 aromatic rings. The van der Waals surface area contributed by atoms with Crippen molar-refractivity contribution in [2.75, 3.05) is 46.3 Å². The molecule has 24 heavy (non-hydrogen) atoms. The van der Waals surface area contributed by atoms with E-state index in [1.807, 2.05) is 4.90 Å². The Labute approximate surface area is 142 Å². The minimum atomic E-state index is -0.353. The van der Waals surface area contributed by atoms with E-state index >= 15 is 0 Å². The van der Waals surface area contributed by atoms with Crippen LogP contribution in [-0.4, -0.2) is 72.8 Å². The molecule has 0 saturated carbocycles. The summed E-state index contributed by atoms with van der Waals surface area (Å²) in [7, 11) is 2.06. The highest BCUT2D eigenvalue weighted by Crippen LogP contribution is 2.21. The van der Waals surface area contributed by atoms with Crippen molar-refractivity contribution in [1.29, 1.82) is 0 Å². The molecule has 6 heteroatoms. The Bertz CT molecular complexity index is 597. The van der Waals surface area contributed by atoms with Crippen molar-refractivity contribution in [3.05, 3.63) is 35.6 Å². The van der Waals surface area contributed by atoms with Crippen LogP contribution in [0.25, 0.3) is 0 Å². The fraction of sp³-hybridized carbons (Fsp3) is 0.556. The van der Waals surface area contributed by atoms with Gasteiger partial charge >= 0.3 is 0 Å². The van der Waals surface area contributed by atoms with Gasteiger partial charge in [-0.05, 0) is 44.2 Å². The minimum Gasteiger partial charge on any atom is -0.340 e. The normalized spacial score (nSPS) is 22.5. The van der Waals surface area contributed by atoms with Gasteiger partial charge in [-0.3, -0.25) is 9.59 Å². The Morgan fingerprint density at radius 2 is 1.67 bits per heavy atom. The fourth-order valence-electron chi connectivity index (χ4n) is 3.42. The van der Waals surface area contributed by atoms with Crippen molar-refractivity contribution in [2.24, 2.45) is 5.92 Å². The van der Waals surface area contributed by atoms with Crippen LogP contribution in [0.4, 0.5) is 4.39 Å². The van der Waals surface area contributed by atoms with Gasteiger partial charge in [0.15, 0.2) is 0 Å². The number of halogens is 1. The average molecular weight is 333 g/mol. The van der Waals surface area contributed by atoms with Crippen LogP contribution < -0.4 is 0 Å². The molecule has 0 N–H and O–H groups in total. The molecule has 5 nitrogen and oxygen atoms in total. The van der Waals surface area contributed by atoms with Crippen LogP contribution in [0.1, 0.15) is 23.2 Å². The molecule has 0 aliphatic carbocycles. The zero-order valence-corrected chi connectivity index (χ0v) is 14.1. The van der Waals surface area contributed by atoms with Crippen molar-refractivity contribution < 1.29 is 14.0 Å². The molecule has 2 amide bonds. The Balaban J connectivity index is 1.62. The number of piperidine rings is 1. The highest BCUT2D eigenvalue weighted by atomic mass is 19.1. The van der Waals surface area contributed by atoms with E-state index in [2.05, 4.69) is 11.9 Å². The van der Waals surface area contributed by atoms with Crippen molar-refractivity contribution >= 4 is 11.8 Å². The van der Waals surface area contributed by atoms with E-state index in [0.717, 1.165) is 39.0 Å². The Morgan fingerprint density at radius 1 is 1.00 bits per heavy atom. The Kier molecular flexibility index (Phi) is 5.14. The van der Waals surface area contributed by atoms with Gasteiger partial charge in [0, 0.05) is 44.8 Å². The predicted molar refractivity (Wildman–Crippen MR) is 89.1 cm³/mol. The van der Waals surface area contributed by atoms with Gasteiger partial charge in [0.1, 0.15) is 5.82 Å². The van der Waals surface area contributed by atoms with Gasteiger partial charge in [-0.25, -0.2) is 4.39 Å². The third-order valence-corrected chi connectivity index (χ3v) is 4.96. The Morgan fingerprint density at radius 3 is 2.33 bits per heavy atom. The Hall–Kier alpha value is -1.95. The maximum atomic E-state index is 13.0. The van der Waals surface area contributed by atoms with Crippen LogP contribution >= 0.6 is 0 Å². The van der Waals surface area contributed by atoms with Gasteiger partial charge in [-0.15, -0.1) is 0 Å². The molecule has 2 saturated heterocycles. The number of rotatable bonds is 2. The van der Waals surface area contributed by atoms with Crippen LogP contribution in [0, 0.1) is 11.7 Å². The number of likely N-dealkylation sites (tertiary alicyclic amines) is 1. The summed E-state index contributed by atoms with van der Waals surface area (Å²) < 4.78 is 13.0. The number of amides is 2. The molecule has 0 radical (unpaired) electrons. The number of likely N-dealkylation sites (N-methyl/N-ethyl adjacent to an activating group) is 1. The summed E-state index contributed by atoms with van der Waals surface area (Å²) in [5, 5.41) is 0. The minimum absolute atomic E-state index is 0.119. The van der Waals surface area contributed by atoms with Crippen molar-refractivity contribution in [3.8, 4) is 0 Å². The monoisotopic (exact) mass is 333 g/mol. The second-order valence-corrected chi connectivity index (χ2v) is 6.73. The second-order valence-electron chi connectivity index (χ2n) is 6.73. The van der Waals surface area contributed by atoms with E-state index in [9.17, 15) is 14.0 Å². The average Bonchev–Trinajstić information content (AvgIpc) is 2.62. The van der Waals surface area contributed by atoms with Gasteiger partial charge in [0.05, 0.1) is 5.92 Å². The molecule has 2 fully saturated rings. The summed E-state index contributed by atoms with van der Waals surface area (Å²) in [5.41, 5.74) is 0.476. The lowest BCUT2D eigenvalue weighted by molar-refractivity contribution is -0.138. The van der Waals surface area contributed by atoms with E-state index in [1.54, 1.807) is 4.90 Å². The third-order valence-electron chi connectivity index (χ3n) is 4.96. The van der Waals surface area contributed by atoms with Crippen molar-refractivity contribution in [2.45, 2.75) is 12.8 Å². The van der Waals surface area contributed by atoms with E-state index in [-0.39, 0.29) is 23.5 Å². The van der Waals surface area contributed by atoms with E-state index in [1.165, 1.54) is 24.3 Å². The fourth-order valence-corrected chi connectivity index (χ4v) is 3.42. The molecule has 2 aliphatic rings. The first-order chi connectivity index (χ1) is 11.5. The molecular formula is C18H24FN3O2. The number of benzene rings is 1. The van der Waals surface area contributed by atoms with Crippen LogP contribution in [-0.2, 0) is 4.79 Å². The number of nitrogens with zero attached hydrogens (tertiary/aromatic N) is 3. The number of carbonyl (C=O) groups excluding carboxylic acids is 2. The lowest BCUT2D eigenvalue weighted by Gasteiger charge is -2.38. The number of hydrogen-bond acceptors (Lipinski definition) is 3. The first-order valence-corrected chi connectivity index (χ1v) is 8.57. The van der Waals surface area contributed by atoms with E-state index in [0.29, 0.717) is 18.7 Å². The van der Waals surface area contributed by atoms with E-state index in [4.69, 9.17) is 0 Å².